The Morgan fingerprint density at radius 3 is 2.29 bits per heavy atom. The number of fused-ring (bicyclic) bond motifs is 2. The minimum absolute atomic E-state index is 0.143. The standard InChI is InChI=1S/C16H11FN4O3/c1-8(22)18-10-3-5-14-12(7-10)20-16(24-14)21-15-19-11-6-9(17)2-4-13(11)23-15/h2-7H,1H3,(H,18,22)(H,19,20,21). The molecule has 120 valence electrons. The molecule has 7 nitrogen and oxygen atoms in total. The number of carbonyl (C=O) groups is 1. The molecule has 0 saturated heterocycles. The van der Waals surface area contributed by atoms with Gasteiger partial charge >= 0.3 is 12.0 Å². The number of anilines is 3. The number of rotatable bonds is 3. The zero-order chi connectivity index (χ0) is 16.7. The van der Waals surface area contributed by atoms with Gasteiger partial charge in [-0.15, -0.1) is 0 Å². The highest BCUT2D eigenvalue weighted by Gasteiger charge is 2.11. The van der Waals surface area contributed by atoms with Crippen molar-refractivity contribution in [2.45, 2.75) is 6.92 Å². The molecular formula is C16H11FN4O3. The van der Waals surface area contributed by atoms with E-state index in [4.69, 9.17) is 8.83 Å². The molecule has 0 spiro atoms. The molecule has 0 bridgehead atoms. The van der Waals surface area contributed by atoms with E-state index in [0.29, 0.717) is 27.9 Å². The Labute approximate surface area is 134 Å². The van der Waals surface area contributed by atoms with Crippen LogP contribution in [0.2, 0.25) is 0 Å². The van der Waals surface area contributed by atoms with E-state index in [0.717, 1.165) is 0 Å². The Morgan fingerprint density at radius 2 is 1.62 bits per heavy atom. The first kappa shape index (κ1) is 14.2. The van der Waals surface area contributed by atoms with Crippen molar-refractivity contribution in [1.29, 1.82) is 0 Å². The van der Waals surface area contributed by atoms with Crippen molar-refractivity contribution in [3.05, 3.63) is 42.2 Å². The fraction of sp³-hybridized carbons (Fsp3) is 0.0625. The Morgan fingerprint density at radius 1 is 1.00 bits per heavy atom. The SMILES string of the molecule is CC(=O)Nc1ccc2oc(Nc3nc4cc(F)ccc4o3)nc2c1. The van der Waals surface area contributed by atoms with Gasteiger partial charge in [-0.3, -0.25) is 10.1 Å². The number of nitrogens with one attached hydrogen (secondary N) is 2. The average Bonchev–Trinajstić information content (AvgIpc) is 3.08. The van der Waals surface area contributed by atoms with Gasteiger partial charge in [0.1, 0.15) is 16.9 Å². The molecule has 2 aromatic heterocycles. The molecule has 2 N–H and O–H groups in total. The van der Waals surface area contributed by atoms with E-state index in [-0.39, 0.29) is 17.9 Å². The molecule has 0 atom stereocenters. The van der Waals surface area contributed by atoms with Crippen LogP contribution in [0.25, 0.3) is 22.2 Å². The molecular weight excluding hydrogens is 315 g/mol. The van der Waals surface area contributed by atoms with E-state index in [9.17, 15) is 9.18 Å². The largest absolute Gasteiger partial charge is 0.423 e. The molecule has 0 unspecified atom stereocenters. The number of amides is 1. The van der Waals surface area contributed by atoms with Crippen molar-refractivity contribution in [3.8, 4) is 0 Å². The van der Waals surface area contributed by atoms with Gasteiger partial charge in [-0.2, -0.15) is 9.97 Å². The summed E-state index contributed by atoms with van der Waals surface area (Å²) in [4.78, 5) is 19.5. The Hall–Kier alpha value is -3.42. The number of benzene rings is 2. The van der Waals surface area contributed by atoms with Crippen LogP contribution < -0.4 is 10.6 Å². The van der Waals surface area contributed by atoms with E-state index in [1.165, 1.54) is 25.1 Å². The van der Waals surface area contributed by atoms with E-state index in [2.05, 4.69) is 20.6 Å². The zero-order valence-corrected chi connectivity index (χ0v) is 12.5. The molecule has 4 aromatic rings. The Kier molecular flexibility index (Phi) is 3.16. The second-order valence-electron chi connectivity index (χ2n) is 5.14. The molecule has 24 heavy (non-hydrogen) atoms. The number of hydrogen-bond donors (Lipinski definition) is 2. The summed E-state index contributed by atoms with van der Waals surface area (Å²) in [6, 6.07) is 9.47. The number of carbonyl (C=O) groups excluding carboxylic acids is 1. The van der Waals surface area contributed by atoms with Crippen LogP contribution in [0.3, 0.4) is 0 Å². The lowest BCUT2D eigenvalue weighted by molar-refractivity contribution is -0.114. The summed E-state index contributed by atoms with van der Waals surface area (Å²) in [6.45, 7) is 1.43. The quantitative estimate of drug-likeness (QED) is 0.594. The maximum Gasteiger partial charge on any atom is 0.303 e. The van der Waals surface area contributed by atoms with Crippen LogP contribution >= 0.6 is 0 Å². The minimum atomic E-state index is -0.394. The summed E-state index contributed by atoms with van der Waals surface area (Å²) < 4.78 is 24.2. The normalized spacial score (nSPS) is 11.1. The third-order valence-corrected chi connectivity index (χ3v) is 3.27. The number of halogens is 1. The molecule has 0 radical (unpaired) electrons. The number of oxazole rings is 2. The van der Waals surface area contributed by atoms with E-state index in [1.54, 1.807) is 18.2 Å². The Bertz CT molecular complexity index is 1070. The Balaban J connectivity index is 1.64. The van der Waals surface area contributed by atoms with Crippen LogP contribution in [0, 0.1) is 5.82 Å². The topological polar surface area (TPSA) is 93.2 Å². The van der Waals surface area contributed by atoms with E-state index < -0.39 is 5.82 Å². The third-order valence-electron chi connectivity index (χ3n) is 3.27. The van der Waals surface area contributed by atoms with E-state index >= 15 is 0 Å². The summed E-state index contributed by atoms with van der Waals surface area (Å²) in [5.74, 6) is -0.565. The second-order valence-corrected chi connectivity index (χ2v) is 5.14. The summed E-state index contributed by atoms with van der Waals surface area (Å²) in [5.41, 5.74) is 2.55. The first-order chi connectivity index (χ1) is 11.6. The number of hydrogen-bond acceptors (Lipinski definition) is 6. The molecule has 0 fully saturated rings. The lowest BCUT2D eigenvalue weighted by atomic mass is 10.3. The van der Waals surface area contributed by atoms with Crippen molar-refractivity contribution < 1.29 is 18.0 Å². The van der Waals surface area contributed by atoms with Crippen LogP contribution in [0.1, 0.15) is 6.92 Å². The molecule has 2 heterocycles. The van der Waals surface area contributed by atoms with Crippen molar-refractivity contribution >= 4 is 45.8 Å². The van der Waals surface area contributed by atoms with Gasteiger partial charge in [-0.25, -0.2) is 4.39 Å². The molecule has 1 amide bonds. The zero-order valence-electron chi connectivity index (χ0n) is 12.5. The minimum Gasteiger partial charge on any atom is -0.423 e. The molecule has 0 aliphatic rings. The summed E-state index contributed by atoms with van der Waals surface area (Å²) in [6.07, 6.45) is 0. The summed E-state index contributed by atoms with van der Waals surface area (Å²) >= 11 is 0. The fourth-order valence-corrected chi connectivity index (χ4v) is 2.31. The first-order valence-electron chi connectivity index (χ1n) is 7.08. The van der Waals surface area contributed by atoms with Gasteiger partial charge in [-0.05, 0) is 30.3 Å². The number of aromatic nitrogens is 2. The first-order valence-corrected chi connectivity index (χ1v) is 7.08. The van der Waals surface area contributed by atoms with Crippen LogP contribution in [-0.2, 0) is 4.79 Å². The molecule has 2 aromatic carbocycles. The van der Waals surface area contributed by atoms with Crippen LogP contribution in [0.5, 0.6) is 0 Å². The summed E-state index contributed by atoms with van der Waals surface area (Å²) in [7, 11) is 0. The lowest BCUT2D eigenvalue weighted by Crippen LogP contribution is -2.05. The summed E-state index contributed by atoms with van der Waals surface area (Å²) in [5, 5.41) is 5.47. The maximum atomic E-state index is 13.2. The molecule has 4 rings (SSSR count). The monoisotopic (exact) mass is 326 g/mol. The lowest BCUT2D eigenvalue weighted by Gasteiger charge is -1.99. The third kappa shape index (κ3) is 2.65. The van der Waals surface area contributed by atoms with Crippen LogP contribution in [-0.4, -0.2) is 15.9 Å². The highest BCUT2D eigenvalue weighted by atomic mass is 19.1. The van der Waals surface area contributed by atoms with Gasteiger partial charge in [-0.1, -0.05) is 0 Å². The highest BCUT2D eigenvalue weighted by molar-refractivity contribution is 5.91. The average molecular weight is 326 g/mol. The highest BCUT2D eigenvalue weighted by Crippen LogP contribution is 2.26. The van der Waals surface area contributed by atoms with Crippen molar-refractivity contribution in [2.75, 3.05) is 10.6 Å². The maximum absolute atomic E-state index is 13.2. The number of nitrogens with zero attached hydrogens (tertiary/aromatic N) is 2. The van der Waals surface area contributed by atoms with Gasteiger partial charge in [0, 0.05) is 18.7 Å². The van der Waals surface area contributed by atoms with Crippen molar-refractivity contribution in [1.82, 2.24) is 9.97 Å². The molecule has 8 heteroatoms. The molecule has 0 aliphatic carbocycles. The van der Waals surface area contributed by atoms with Crippen LogP contribution in [0.4, 0.5) is 22.1 Å². The smallest absolute Gasteiger partial charge is 0.303 e. The van der Waals surface area contributed by atoms with Gasteiger partial charge in [0.25, 0.3) is 0 Å². The van der Waals surface area contributed by atoms with Crippen LogP contribution in [0.15, 0.2) is 45.2 Å². The van der Waals surface area contributed by atoms with E-state index in [1.807, 2.05) is 0 Å². The fourth-order valence-electron chi connectivity index (χ4n) is 2.31. The van der Waals surface area contributed by atoms with Crippen molar-refractivity contribution in [3.63, 3.8) is 0 Å². The molecule has 0 aliphatic heterocycles. The van der Waals surface area contributed by atoms with Gasteiger partial charge < -0.3 is 14.2 Å². The predicted octanol–water partition coefficient (Wildman–Crippen LogP) is 3.81. The van der Waals surface area contributed by atoms with Crippen molar-refractivity contribution in [2.24, 2.45) is 0 Å². The second kappa shape index (κ2) is 5.34. The van der Waals surface area contributed by atoms with Gasteiger partial charge in [0.2, 0.25) is 5.91 Å². The van der Waals surface area contributed by atoms with Gasteiger partial charge in [0.15, 0.2) is 11.2 Å². The van der Waals surface area contributed by atoms with Gasteiger partial charge in [0.05, 0.1) is 0 Å². The predicted molar refractivity (Wildman–Crippen MR) is 85.6 cm³/mol. The molecule has 0 saturated carbocycles.